The number of halogens is 3. The lowest BCUT2D eigenvalue weighted by Gasteiger charge is -2.37. The highest BCUT2D eigenvalue weighted by molar-refractivity contribution is 5.78. The summed E-state index contributed by atoms with van der Waals surface area (Å²) in [4.78, 5) is 14.5. The average Bonchev–Trinajstić information content (AvgIpc) is 2.75. The van der Waals surface area contributed by atoms with E-state index in [1.807, 2.05) is 4.90 Å². The van der Waals surface area contributed by atoms with Gasteiger partial charge in [-0.05, 0) is 19.3 Å². The number of ether oxygens (including phenoxy) is 1. The third-order valence-corrected chi connectivity index (χ3v) is 3.78. The van der Waals surface area contributed by atoms with Gasteiger partial charge in [-0.15, -0.1) is 0 Å². The molecule has 0 bridgehead atoms. The lowest BCUT2D eigenvalue weighted by Crippen LogP contribution is -2.52. The summed E-state index contributed by atoms with van der Waals surface area (Å²) in [6.07, 6.45) is -1.20. The molecule has 0 aromatic rings. The Hall–Kier alpha value is -0.820. The fourth-order valence-corrected chi connectivity index (χ4v) is 2.85. The smallest absolute Gasteiger partial charge is 0.375 e. The molecule has 1 amide bonds. The molecule has 2 rings (SSSR count). The number of alkyl halides is 3. The number of rotatable bonds is 3. The molecule has 4 nitrogen and oxygen atoms in total. The Bertz CT molecular complexity index is 335. The van der Waals surface area contributed by atoms with Crippen LogP contribution >= 0.6 is 0 Å². The fraction of sp³-hybridized carbons (Fsp3) is 0.917. The highest BCUT2D eigenvalue weighted by Gasteiger charge is 2.38. The van der Waals surface area contributed by atoms with Crippen molar-refractivity contribution < 1.29 is 22.7 Å². The van der Waals surface area contributed by atoms with E-state index < -0.39 is 18.6 Å². The Labute approximate surface area is 110 Å². The number of hydrogen-bond donors (Lipinski definition) is 0. The summed E-state index contributed by atoms with van der Waals surface area (Å²) in [7, 11) is 1.20. The van der Waals surface area contributed by atoms with Gasteiger partial charge in [0.15, 0.2) is 0 Å². The van der Waals surface area contributed by atoms with Crippen molar-refractivity contribution in [1.82, 2.24) is 9.80 Å². The molecule has 0 aromatic carbocycles. The summed E-state index contributed by atoms with van der Waals surface area (Å²) in [6.45, 7) is 0.0333. The molecule has 7 heteroatoms. The number of likely N-dealkylation sites (N-methyl/N-ethyl adjacent to an activating group) is 1. The molecule has 110 valence electrons. The Kier molecular flexibility index (Phi) is 4.35. The molecular weight excluding hydrogens is 261 g/mol. The van der Waals surface area contributed by atoms with Crippen molar-refractivity contribution in [2.75, 3.05) is 33.3 Å². The predicted octanol–water partition coefficient (Wildman–Crippen LogP) is 1.26. The number of carbonyl (C=O) groups excluding carboxylic acids is 1. The predicted molar refractivity (Wildman–Crippen MR) is 62.6 cm³/mol. The van der Waals surface area contributed by atoms with E-state index in [-0.39, 0.29) is 18.7 Å². The van der Waals surface area contributed by atoms with E-state index in [9.17, 15) is 18.0 Å². The Morgan fingerprint density at radius 3 is 2.84 bits per heavy atom. The van der Waals surface area contributed by atoms with Gasteiger partial charge in [-0.3, -0.25) is 9.69 Å². The average molecular weight is 280 g/mol. The summed E-state index contributed by atoms with van der Waals surface area (Å²) in [5, 5.41) is 0. The van der Waals surface area contributed by atoms with Crippen LogP contribution in [0.15, 0.2) is 0 Å². The van der Waals surface area contributed by atoms with Gasteiger partial charge in [-0.25, -0.2) is 0 Å². The van der Waals surface area contributed by atoms with Gasteiger partial charge in [0, 0.05) is 19.6 Å². The molecule has 1 aliphatic heterocycles. The van der Waals surface area contributed by atoms with Crippen LogP contribution in [0.25, 0.3) is 0 Å². The van der Waals surface area contributed by atoms with E-state index in [1.165, 1.54) is 7.05 Å². The van der Waals surface area contributed by atoms with Crippen molar-refractivity contribution >= 4 is 5.91 Å². The van der Waals surface area contributed by atoms with Crippen LogP contribution in [0.2, 0.25) is 0 Å². The van der Waals surface area contributed by atoms with Crippen molar-refractivity contribution in [1.29, 1.82) is 0 Å². The van der Waals surface area contributed by atoms with Gasteiger partial charge >= 0.3 is 6.18 Å². The quantitative estimate of drug-likeness (QED) is 0.780. The van der Waals surface area contributed by atoms with E-state index in [4.69, 9.17) is 4.74 Å². The topological polar surface area (TPSA) is 32.8 Å². The monoisotopic (exact) mass is 280 g/mol. The summed E-state index contributed by atoms with van der Waals surface area (Å²) >= 11 is 0. The van der Waals surface area contributed by atoms with Crippen molar-refractivity contribution in [2.45, 2.75) is 37.6 Å². The van der Waals surface area contributed by atoms with Gasteiger partial charge in [-0.1, -0.05) is 0 Å². The fourth-order valence-electron chi connectivity index (χ4n) is 2.85. The molecule has 19 heavy (non-hydrogen) atoms. The van der Waals surface area contributed by atoms with E-state index in [0.29, 0.717) is 13.2 Å². The molecule has 0 N–H and O–H groups in total. The molecule has 1 saturated carbocycles. The zero-order chi connectivity index (χ0) is 14.0. The van der Waals surface area contributed by atoms with Crippen LogP contribution in [-0.4, -0.2) is 67.3 Å². The van der Waals surface area contributed by atoms with E-state index in [1.54, 1.807) is 0 Å². The van der Waals surface area contributed by atoms with Crippen molar-refractivity contribution in [3.05, 3.63) is 0 Å². The molecule has 1 aliphatic carbocycles. The standard InChI is InChI=1S/C12H19F3N2O2/c1-16(8-12(13,14)15)11(18)7-17-5-6-19-10-4-2-3-9(10)17/h9-10H,2-8H2,1H3/t9-,10+/m1/s1. The third-order valence-electron chi connectivity index (χ3n) is 3.78. The molecule has 0 spiro atoms. The minimum absolute atomic E-state index is 0.0527. The third kappa shape index (κ3) is 3.82. The Morgan fingerprint density at radius 1 is 1.42 bits per heavy atom. The highest BCUT2D eigenvalue weighted by atomic mass is 19.4. The summed E-state index contributed by atoms with van der Waals surface area (Å²) in [6, 6.07) is 0.192. The van der Waals surface area contributed by atoms with E-state index in [0.717, 1.165) is 24.2 Å². The maximum Gasteiger partial charge on any atom is 0.406 e. The van der Waals surface area contributed by atoms with Crippen molar-refractivity contribution in [3.8, 4) is 0 Å². The van der Waals surface area contributed by atoms with E-state index >= 15 is 0 Å². The SMILES string of the molecule is CN(CC(F)(F)F)C(=O)CN1CCO[C@H]2CCC[C@H]21. The zero-order valence-corrected chi connectivity index (χ0v) is 10.9. The molecule has 0 radical (unpaired) electrons. The number of nitrogens with zero attached hydrogens (tertiary/aromatic N) is 2. The summed E-state index contributed by atoms with van der Waals surface area (Å²) in [5.41, 5.74) is 0. The minimum Gasteiger partial charge on any atom is -0.375 e. The van der Waals surface area contributed by atoms with Crippen LogP contribution in [0.5, 0.6) is 0 Å². The normalized spacial score (nSPS) is 28.2. The van der Waals surface area contributed by atoms with Gasteiger partial charge < -0.3 is 9.64 Å². The van der Waals surface area contributed by atoms with Gasteiger partial charge in [0.25, 0.3) is 0 Å². The number of fused-ring (bicyclic) bond motifs is 1. The second kappa shape index (κ2) is 5.66. The number of hydrogen-bond acceptors (Lipinski definition) is 3. The lowest BCUT2D eigenvalue weighted by molar-refractivity contribution is -0.160. The minimum atomic E-state index is -4.34. The maximum atomic E-state index is 12.2. The van der Waals surface area contributed by atoms with Crippen molar-refractivity contribution in [3.63, 3.8) is 0 Å². The lowest BCUT2D eigenvalue weighted by atomic mass is 10.1. The number of carbonyl (C=O) groups is 1. The van der Waals surface area contributed by atoms with Gasteiger partial charge in [0.05, 0.1) is 19.3 Å². The van der Waals surface area contributed by atoms with Crippen LogP contribution in [0.3, 0.4) is 0 Å². The Balaban J connectivity index is 1.87. The first-order valence-corrected chi connectivity index (χ1v) is 6.53. The Morgan fingerprint density at radius 2 is 2.16 bits per heavy atom. The zero-order valence-electron chi connectivity index (χ0n) is 10.9. The van der Waals surface area contributed by atoms with Crippen LogP contribution in [0.4, 0.5) is 13.2 Å². The van der Waals surface area contributed by atoms with Crippen LogP contribution in [-0.2, 0) is 9.53 Å². The van der Waals surface area contributed by atoms with Crippen molar-refractivity contribution in [2.24, 2.45) is 0 Å². The molecule has 2 atom stereocenters. The molecule has 1 saturated heterocycles. The van der Waals surface area contributed by atoms with Crippen LogP contribution in [0.1, 0.15) is 19.3 Å². The van der Waals surface area contributed by atoms with Gasteiger partial charge in [0.1, 0.15) is 6.54 Å². The molecule has 2 fully saturated rings. The largest absolute Gasteiger partial charge is 0.406 e. The first-order chi connectivity index (χ1) is 8.87. The molecular formula is C12H19F3N2O2. The first kappa shape index (κ1) is 14.6. The van der Waals surface area contributed by atoms with E-state index in [2.05, 4.69) is 0 Å². The van der Waals surface area contributed by atoms with Gasteiger partial charge in [0.2, 0.25) is 5.91 Å². The number of morpholine rings is 1. The molecule has 0 aromatic heterocycles. The van der Waals surface area contributed by atoms with Gasteiger partial charge in [-0.2, -0.15) is 13.2 Å². The molecule has 1 heterocycles. The number of amides is 1. The maximum absolute atomic E-state index is 12.2. The second-order valence-electron chi connectivity index (χ2n) is 5.24. The summed E-state index contributed by atoms with van der Waals surface area (Å²) in [5.74, 6) is -0.482. The second-order valence-corrected chi connectivity index (χ2v) is 5.24. The molecule has 2 aliphatic rings. The summed E-state index contributed by atoms with van der Waals surface area (Å²) < 4.78 is 42.3. The first-order valence-electron chi connectivity index (χ1n) is 6.53. The molecule has 0 unspecified atom stereocenters. The van der Waals surface area contributed by atoms with Crippen LogP contribution < -0.4 is 0 Å². The highest BCUT2D eigenvalue weighted by Crippen LogP contribution is 2.29. The van der Waals surface area contributed by atoms with Crippen LogP contribution in [0, 0.1) is 0 Å².